The zero-order valence-corrected chi connectivity index (χ0v) is 10.2. The molecule has 1 atom stereocenters. The van der Waals surface area contributed by atoms with E-state index in [4.69, 9.17) is 0 Å². The maximum Gasteiger partial charge on any atom is 0.150 e. The van der Waals surface area contributed by atoms with Crippen molar-refractivity contribution in [3.05, 3.63) is 5.69 Å². The van der Waals surface area contributed by atoms with Crippen molar-refractivity contribution in [3.63, 3.8) is 0 Å². The van der Waals surface area contributed by atoms with Gasteiger partial charge in [0.1, 0.15) is 5.69 Å². The number of hydrogen-bond donors (Lipinski definition) is 1. The minimum atomic E-state index is 0.692. The minimum Gasteiger partial charge on any atom is -0.378 e. The van der Waals surface area contributed by atoms with Crippen LogP contribution in [0.25, 0.3) is 0 Å². The molecule has 0 amide bonds. The highest BCUT2D eigenvalue weighted by molar-refractivity contribution is 5.72. The third kappa shape index (κ3) is 1.32. The molecule has 4 nitrogen and oxygen atoms in total. The van der Waals surface area contributed by atoms with Crippen molar-refractivity contribution in [2.24, 2.45) is 7.05 Å². The van der Waals surface area contributed by atoms with Gasteiger partial charge < -0.3 is 10.2 Å². The number of rotatable bonds is 2. The summed E-state index contributed by atoms with van der Waals surface area (Å²) in [6.07, 6.45) is 4.88. The molecule has 0 aromatic carbocycles. The number of anilines is 2. The molecule has 88 valence electrons. The molecule has 1 aromatic rings. The molecule has 0 aliphatic carbocycles. The lowest BCUT2D eigenvalue weighted by molar-refractivity contribution is 0.646. The average Bonchev–Trinajstić information content (AvgIpc) is 2.84. The van der Waals surface area contributed by atoms with E-state index in [0.29, 0.717) is 6.04 Å². The lowest BCUT2D eigenvalue weighted by Gasteiger charge is -2.32. The predicted molar refractivity (Wildman–Crippen MR) is 66.1 cm³/mol. The Hall–Kier alpha value is -1.19. The van der Waals surface area contributed by atoms with Crippen LogP contribution in [0, 0.1) is 0 Å². The molecule has 1 aromatic heterocycles. The fraction of sp³-hybridized carbons (Fsp3) is 0.750. The molecule has 1 unspecified atom stereocenters. The van der Waals surface area contributed by atoms with Crippen LogP contribution in [0.3, 0.4) is 0 Å². The van der Waals surface area contributed by atoms with E-state index in [-0.39, 0.29) is 0 Å². The summed E-state index contributed by atoms with van der Waals surface area (Å²) in [6.45, 7) is 4.50. The molecule has 0 spiro atoms. The highest BCUT2D eigenvalue weighted by Crippen LogP contribution is 2.38. The molecule has 2 aliphatic rings. The first-order valence-corrected chi connectivity index (χ1v) is 6.37. The zero-order valence-electron chi connectivity index (χ0n) is 10.2. The van der Waals surface area contributed by atoms with E-state index in [9.17, 15) is 0 Å². The van der Waals surface area contributed by atoms with E-state index in [1.807, 2.05) is 0 Å². The van der Waals surface area contributed by atoms with E-state index in [0.717, 1.165) is 19.4 Å². The van der Waals surface area contributed by atoms with Crippen molar-refractivity contribution in [2.45, 2.75) is 38.6 Å². The van der Waals surface area contributed by atoms with Gasteiger partial charge in [-0.2, -0.15) is 5.10 Å². The molecule has 0 saturated carbocycles. The molecule has 0 bridgehead atoms. The Morgan fingerprint density at radius 1 is 1.50 bits per heavy atom. The number of aromatic nitrogens is 2. The van der Waals surface area contributed by atoms with Crippen molar-refractivity contribution >= 4 is 11.5 Å². The lowest BCUT2D eigenvalue weighted by Crippen LogP contribution is -2.40. The molecular weight excluding hydrogens is 200 g/mol. The lowest BCUT2D eigenvalue weighted by atomic mass is 10.1. The SMILES string of the molecule is CCCc1nn(C)c2c1NCC1CCCN21. The van der Waals surface area contributed by atoms with Gasteiger partial charge >= 0.3 is 0 Å². The topological polar surface area (TPSA) is 33.1 Å². The minimum absolute atomic E-state index is 0.692. The van der Waals surface area contributed by atoms with E-state index >= 15 is 0 Å². The van der Waals surface area contributed by atoms with Crippen molar-refractivity contribution in [3.8, 4) is 0 Å². The largest absolute Gasteiger partial charge is 0.378 e. The third-order valence-electron chi connectivity index (χ3n) is 3.74. The second kappa shape index (κ2) is 3.68. The summed E-state index contributed by atoms with van der Waals surface area (Å²) in [5.74, 6) is 1.32. The molecular formula is C12H20N4. The van der Waals surface area contributed by atoms with Gasteiger partial charge in [0.2, 0.25) is 0 Å². The normalized spacial score (nSPS) is 22.9. The molecule has 3 heterocycles. The van der Waals surface area contributed by atoms with Crippen LogP contribution in [0.2, 0.25) is 0 Å². The van der Waals surface area contributed by atoms with Crippen molar-refractivity contribution in [1.29, 1.82) is 0 Å². The van der Waals surface area contributed by atoms with Crippen LogP contribution < -0.4 is 10.2 Å². The molecule has 4 heteroatoms. The second-order valence-electron chi connectivity index (χ2n) is 4.89. The Labute approximate surface area is 96.6 Å². The molecule has 16 heavy (non-hydrogen) atoms. The Morgan fingerprint density at radius 3 is 3.19 bits per heavy atom. The Morgan fingerprint density at radius 2 is 2.38 bits per heavy atom. The highest BCUT2D eigenvalue weighted by atomic mass is 15.4. The fourth-order valence-corrected chi connectivity index (χ4v) is 3.04. The van der Waals surface area contributed by atoms with Crippen LogP contribution in [-0.2, 0) is 13.5 Å². The average molecular weight is 220 g/mol. The summed E-state index contributed by atoms with van der Waals surface area (Å²) >= 11 is 0. The fourth-order valence-electron chi connectivity index (χ4n) is 3.04. The predicted octanol–water partition coefficient (Wildman–Crippen LogP) is 1.77. The van der Waals surface area contributed by atoms with Crippen LogP contribution in [0.4, 0.5) is 11.5 Å². The van der Waals surface area contributed by atoms with Gasteiger partial charge in [-0.05, 0) is 19.3 Å². The van der Waals surface area contributed by atoms with Gasteiger partial charge in [-0.1, -0.05) is 13.3 Å². The van der Waals surface area contributed by atoms with E-state index < -0.39 is 0 Å². The van der Waals surface area contributed by atoms with Crippen molar-refractivity contribution in [2.75, 3.05) is 23.3 Å². The number of aryl methyl sites for hydroxylation is 2. The molecule has 0 radical (unpaired) electrons. The number of hydrogen-bond acceptors (Lipinski definition) is 3. The first-order valence-electron chi connectivity index (χ1n) is 6.37. The summed E-state index contributed by atoms with van der Waals surface area (Å²) in [4.78, 5) is 2.54. The quantitative estimate of drug-likeness (QED) is 0.824. The number of nitrogens with one attached hydrogen (secondary N) is 1. The molecule has 1 saturated heterocycles. The van der Waals surface area contributed by atoms with Gasteiger partial charge in [0.05, 0.1) is 5.69 Å². The Bertz CT molecular complexity index is 396. The maximum absolute atomic E-state index is 4.65. The van der Waals surface area contributed by atoms with Crippen LogP contribution in [0.15, 0.2) is 0 Å². The molecule has 1 N–H and O–H groups in total. The smallest absolute Gasteiger partial charge is 0.150 e. The number of fused-ring (bicyclic) bond motifs is 3. The number of nitrogens with zero attached hydrogens (tertiary/aromatic N) is 3. The van der Waals surface area contributed by atoms with Crippen LogP contribution in [0.1, 0.15) is 31.9 Å². The van der Waals surface area contributed by atoms with Crippen molar-refractivity contribution in [1.82, 2.24) is 9.78 Å². The van der Waals surface area contributed by atoms with Gasteiger partial charge in [0, 0.05) is 26.2 Å². The van der Waals surface area contributed by atoms with E-state index in [2.05, 4.69) is 34.0 Å². The Balaban J connectivity index is 2.02. The first-order chi connectivity index (χ1) is 7.81. The van der Waals surface area contributed by atoms with E-state index in [1.54, 1.807) is 0 Å². The maximum atomic E-state index is 4.65. The molecule has 1 fully saturated rings. The molecule has 3 rings (SSSR count). The standard InChI is InChI=1S/C12H20N4/c1-3-5-10-11-12(15(2)14-10)16-7-4-6-9(16)8-13-11/h9,13H,3-8H2,1-2H3. The zero-order chi connectivity index (χ0) is 11.1. The van der Waals surface area contributed by atoms with Crippen LogP contribution in [-0.4, -0.2) is 28.9 Å². The summed E-state index contributed by atoms with van der Waals surface area (Å²) in [5, 5.41) is 8.24. The van der Waals surface area contributed by atoms with Gasteiger partial charge in [0.25, 0.3) is 0 Å². The Kier molecular flexibility index (Phi) is 2.30. The van der Waals surface area contributed by atoms with Gasteiger partial charge in [-0.25, -0.2) is 0 Å². The van der Waals surface area contributed by atoms with Gasteiger partial charge in [-0.15, -0.1) is 0 Å². The van der Waals surface area contributed by atoms with Gasteiger partial charge in [0.15, 0.2) is 5.82 Å². The second-order valence-corrected chi connectivity index (χ2v) is 4.89. The summed E-state index contributed by atoms with van der Waals surface area (Å²) < 4.78 is 2.06. The summed E-state index contributed by atoms with van der Waals surface area (Å²) in [5.41, 5.74) is 2.54. The monoisotopic (exact) mass is 220 g/mol. The van der Waals surface area contributed by atoms with Crippen molar-refractivity contribution < 1.29 is 0 Å². The molecule has 2 aliphatic heterocycles. The first kappa shape index (κ1) is 10.00. The van der Waals surface area contributed by atoms with E-state index in [1.165, 1.54) is 36.6 Å². The van der Waals surface area contributed by atoms with Crippen LogP contribution in [0.5, 0.6) is 0 Å². The summed E-state index contributed by atoms with van der Waals surface area (Å²) in [7, 11) is 2.07. The van der Waals surface area contributed by atoms with Gasteiger partial charge in [-0.3, -0.25) is 4.68 Å². The van der Waals surface area contributed by atoms with Crippen LogP contribution >= 0.6 is 0 Å². The summed E-state index contributed by atoms with van der Waals surface area (Å²) in [6, 6.07) is 0.692. The third-order valence-corrected chi connectivity index (χ3v) is 3.74. The highest BCUT2D eigenvalue weighted by Gasteiger charge is 2.34.